The Bertz CT molecular complexity index is 1660. The molecule has 0 spiro atoms. The number of hydrogen-bond acceptors (Lipinski definition) is 4. The quantitative estimate of drug-likeness (QED) is 0.187. The van der Waals surface area contributed by atoms with Gasteiger partial charge in [-0.05, 0) is 66.8 Å². The summed E-state index contributed by atoms with van der Waals surface area (Å²) in [5, 5.41) is 18.6. The van der Waals surface area contributed by atoms with Crippen molar-refractivity contribution in [1.29, 1.82) is 10.5 Å². The van der Waals surface area contributed by atoms with Crippen LogP contribution in [0.25, 0.3) is 55.4 Å². The SMILES string of the molecule is [C-]#[N+]/C(C#N)=C\C=C\c1ccc(-c2cc(-c3ccc(/C=C/C=C(\C#N)[N+]#[C-])o3)cc3[nH]ccc23)o1. The highest BCUT2D eigenvalue weighted by atomic mass is 16.3. The van der Waals surface area contributed by atoms with Crippen LogP contribution in [0, 0.1) is 35.8 Å². The number of benzene rings is 1. The van der Waals surface area contributed by atoms with E-state index >= 15 is 0 Å². The van der Waals surface area contributed by atoms with E-state index in [2.05, 4.69) is 14.7 Å². The second kappa shape index (κ2) is 10.2. The van der Waals surface area contributed by atoms with E-state index in [-0.39, 0.29) is 11.4 Å². The molecule has 1 N–H and O–H groups in total. The lowest BCUT2D eigenvalue weighted by Gasteiger charge is -2.04. The number of nitriles is 2. The molecule has 0 unspecified atom stereocenters. The maximum absolute atomic E-state index is 8.83. The highest BCUT2D eigenvalue weighted by Crippen LogP contribution is 2.35. The van der Waals surface area contributed by atoms with E-state index in [0.717, 1.165) is 22.0 Å². The maximum Gasteiger partial charge on any atom is 0.261 e. The number of aromatic nitrogens is 1. The lowest BCUT2D eigenvalue weighted by atomic mass is 10.0. The molecule has 0 radical (unpaired) electrons. The molecule has 0 aliphatic rings. The number of nitrogens with one attached hydrogen (secondary N) is 1. The third-order valence-electron chi connectivity index (χ3n) is 4.97. The number of rotatable bonds is 6. The predicted molar refractivity (Wildman–Crippen MR) is 132 cm³/mol. The Morgan fingerprint density at radius 1 is 0.829 bits per heavy atom. The molecule has 7 heteroatoms. The van der Waals surface area contributed by atoms with Crippen molar-refractivity contribution in [3.8, 4) is 34.8 Å². The Hall–Kier alpha value is -5.76. The molecular formula is C28H15N5O2. The molecule has 0 saturated carbocycles. The van der Waals surface area contributed by atoms with Gasteiger partial charge in [0.05, 0.1) is 25.3 Å². The Labute approximate surface area is 201 Å². The molecule has 4 aromatic rings. The first-order chi connectivity index (χ1) is 17.1. The number of fused-ring (bicyclic) bond motifs is 1. The minimum Gasteiger partial charge on any atom is -0.457 e. The molecule has 0 aliphatic heterocycles. The van der Waals surface area contributed by atoms with Crippen molar-refractivity contribution in [2.45, 2.75) is 0 Å². The Morgan fingerprint density at radius 3 is 2.03 bits per heavy atom. The van der Waals surface area contributed by atoms with Crippen LogP contribution >= 0.6 is 0 Å². The second-order valence-electron chi connectivity index (χ2n) is 7.14. The van der Waals surface area contributed by atoms with E-state index < -0.39 is 0 Å². The number of nitrogens with zero attached hydrogens (tertiary/aromatic N) is 4. The molecule has 164 valence electrons. The fourth-order valence-corrected chi connectivity index (χ4v) is 3.37. The van der Waals surface area contributed by atoms with Crippen LogP contribution in [-0.2, 0) is 0 Å². The normalized spacial score (nSPS) is 12.0. The maximum atomic E-state index is 8.83. The van der Waals surface area contributed by atoms with E-state index in [9.17, 15) is 0 Å². The summed E-state index contributed by atoms with van der Waals surface area (Å²) in [4.78, 5) is 9.45. The van der Waals surface area contributed by atoms with Crippen LogP contribution in [0.15, 0.2) is 93.2 Å². The molecule has 3 heterocycles. The summed E-state index contributed by atoms with van der Waals surface area (Å²) >= 11 is 0. The summed E-state index contributed by atoms with van der Waals surface area (Å²) in [5.41, 5.74) is 2.62. The van der Waals surface area contributed by atoms with Crippen molar-refractivity contribution in [2.75, 3.05) is 0 Å². The van der Waals surface area contributed by atoms with Gasteiger partial charge < -0.3 is 13.8 Å². The molecule has 35 heavy (non-hydrogen) atoms. The van der Waals surface area contributed by atoms with Crippen molar-refractivity contribution in [3.63, 3.8) is 0 Å². The minimum atomic E-state index is -0.00432. The molecule has 7 nitrogen and oxygen atoms in total. The number of H-pyrrole nitrogens is 1. The summed E-state index contributed by atoms with van der Waals surface area (Å²) in [7, 11) is 0. The zero-order valence-electron chi connectivity index (χ0n) is 18.2. The highest BCUT2D eigenvalue weighted by molar-refractivity contribution is 5.97. The summed E-state index contributed by atoms with van der Waals surface area (Å²) in [6, 6.07) is 16.9. The van der Waals surface area contributed by atoms with Gasteiger partial charge in [0.2, 0.25) is 0 Å². The molecule has 1 aromatic carbocycles. The van der Waals surface area contributed by atoms with Gasteiger partial charge in [0.15, 0.2) is 0 Å². The predicted octanol–water partition coefficient (Wildman–Crippen LogP) is 7.37. The van der Waals surface area contributed by atoms with Crippen LogP contribution in [0.4, 0.5) is 0 Å². The fraction of sp³-hybridized carbons (Fsp3) is 0. The Morgan fingerprint density at radius 2 is 1.43 bits per heavy atom. The molecule has 0 amide bonds. The van der Waals surface area contributed by atoms with Gasteiger partial charge in [-0.15, -0.1) is 0 Å². The van der Waals surface area contributed by atoms with E-state index in [1.165, 1.54) is 12.2 Å². The zero-order valence-corrected chi connectivity index (χ0v) is 18.2. The summed E-state index contributed by atoms with van der Waals surface area (Å²) in [6.07, 6.45) is 11.3. The number of aromatic amines is 1. The zero-order chi connectivity index (χ0) is 24.6. The second-order valence-corrected chi connectivity index (χ2v) is 7.14. The van der Waals surface area contributed by atoms with Crippen LogP contribution in [0.2, 0.25) is 0 Å². The van der Waals surface area contributed by atoms with E-state index in [0.29, 0.717) is 23.0 Å². The molecular weight excluding hydrogens is 438 g/mol. The van der Waals surface area contributed by atoms with Gasteiger partial charge in [0, 0.05) is 28.2 Å². The van der Waals surface area contributed by atoms with Crippen molar-refractivity contribution < 1.29 is 8.83 Å². The molecule has 0 atom stereocenters. The summed E-state index contributed by atoms with van der Waals surface area (Å²) in [6.45, 7) is 13.8. The van der Waals surface area contributed by atoms with Crippen molar-refractivity contribution in [1.82, 2.24) is 4.98 Å². The van der Waals surface area contributed by atoms with E-state index in [4.69, 9.17) is 32.5 Å². The van der Waals surface area contributed by atoms with Crippen LogP contribution in [0.5, 0.6) is 0 Å². The van der Waals surface area contributed by atoms with Crippen molar-refractivity contribution in [3.05, 3.63) is 119 Å². The first kappa shape index (κ1) is 22.4. The first-order valence-corrected chi connectivity index (χ1v) is 10.3. The van der Waals surface area contributed by atoms with Gasteiger partial charge in [-0.25, -0.2) is 20.2 Å². The molecule has 3 aromatic heterocycles. The van der Waals surface area contributed by atoms with Gasteiger partial charge in [-0.3, -0.25) is 0 Å². The monoisotopic (exact) mass is 453 g/mol. The van der Waals surface area contributed by atoms with Gasteiger partial charge in [0.1, 0.15) is 23.0 Å². The minimum absolute atomic E-state index is 0.00422. The molecule has 0 aliphatic carbocycles. The van der Waals surface area contributed by atoms with Crippen LogP contribution in [0.1, 0.15) is 11.5 Å². The number of hydrogen-bond donors (Lipinski definition) is 1. The third kappa shape index (κ3) is 5.02. The smallest absolute Gasteiger partial charge is 0.261 e. The lowest BCUT2D eigenvalue weighted by Crippen LogP contribution is -1.81. The Balaban J connectivity index is 1.66. The summed E-state index contributed by atoms with van der Waals surface area (Å²) < 4.78 is 11.9. The fourth-order valence-electron chi connectivity index (χ4n) is 3.37. The van der Waals surface area contributed by atoms with Gasteiger partial charge in [-0.2, -0.15) is 0 Å². The number of furan rings is 2. The molecule has 4 rings (SSSR count). The van der Waals surface area contributed by atoms with Crippen LogP contribution < -0.4 is 0 Å². The molecule has 0 bridgehead atoms. The largest absolute Gasteiger partial charge is 0.457 e. The first-order valence-electron chi connectivity index (χ1n) is 10.3. The van der Waals surface area contributed by atoms with Gasteiger partial charge in [-0.1, -0.05) is 12.2 Å². The average molecular weight is 453 g/mol. The third-order valence-corrected chi connectivity index (χ3v) is 4.97. The number of allylic oxidation sites excluding steroid dienone is 6. The average Bonchev–Trinajstić information content (AvgIpc) is 3.65. The van der Waals surface area contributed by atoms with Crippen LogP contribution in [0.3, 0.4) is 0 Å². The van der Waals surface area contributed by atoms with Crippen molar-refractivity contribution >= 4 is 23.1 Å². The topological polar surface area (TPSA) is 98.4 Å². The summed E-state index contributed by atoms with van der Waals surface area (Å²) in [5.74, 6) is 2.48. The van der Waals surface area contributed by atoms with E-state index in [1.807, 2.05) is 60.8 Å². The Kier molecular flexibility index (Phi) is 6.56. The highest BCUT2D eigenvalue weighted by Gasteiger charge is 2.13. The van der Waals surface area contributed by atoms with Crippen LogP contribution in [-0.4, -0.2) is 4.98 Å². The van der Waals surface area contributed by atoms with E-state index in [1.54, 1.807) is 24.3 Å². The molecule has 0 saturated heterocycles. The van der Waals surface area contributed by atoms with Crippen molar-refractivity contribution in [2.24, 2.45) is 0 Å². The van der Waals surface area contributed by atoms with Gasteiger partial charge in [0.25, 0.3) is 11.4 Å². The lowest BCUT2D eigenvalue weighted by molar-refractivity contribution is 0.570. The standard InChI is InChI=1S/C28H15N5O2/c1-31-20(17-29)5-3-7-22-9-11-27(34-22)19-15-25(24-13-14-33-26(24)16-19)28-12-10-23(35-28)8-4-6-21(18-30)32-2/h3-16,33H/b7-3+,8-4+,20-5+,21-6-. The van der Waals surface area contributed by atoms with Gasteiger partial charge >= 0.3 is 0 Å². The molecule has 0 fully saturated rings.